The lowest BCUT2D eigenvalue weighted by Gasteiger charge is -2.27. The molecule has 1 saturated heterocycles. The molecule has 1 aliphatic rings. The molecule has 2 rings (SSSR count). The molecule has 106 valence electrons. The molecular formula is C12H18FN3O2S. The zero-order chi connectivity index (χ0) is 13.7. The number of rotatable bonds is 5. The van der Waals surface area contributed by atoms with E-state index in [4.69, 9.17) is 0 Å². The van der Waals surface area contributed by atoms with E-state index in [1.165, 1.54) is 12.1 Å². The Bertz CT molecular complexity index is 498. The van der Waals surface area contributed by atoms with E-state index in [1.54, 1.807) is 0 Å². The van der Waals surface area contributed by atoms with E-state index in [2.05, 4.69) is 14.9 Å². The van der Waals surface area contributed by atoms with Crippen molar-refractivity contribution >= 4 is 10.0 Å². The summed E-state index contributed by atoms with van der Waals surface area (Å²) in [5, 5.41) is 3.24. The molecule has 0 spiro atoms. The van der Waals surface area contributed by atoms with Crippen molar-refractivity contribution in [2.24, 2.45) is 0 Å². The Morgan fingerprint density at radius 2 is 1.84 bits per heavy atom. The monoisotopic (exact) mass is 287 g/mol. The average Bonchev–Trinajstić information content (AvgIpc) is 2.40. The number of benzene rings is 1. The van der Waals surface area contributed by atoms with Crippen LogP contribution in [0, 0.1) is 5.82 Å². The third kappa shape index (κ3) is 4.24. The second kappa shape index (κ2) is 6.42. The summed E-state index contributed by atoms with van der Waals surface area (Å²) < 4.78 is 39.1. The average molecular weight is 287 g/mol. The largest absolute Gasteiger partial charge is 0.314 e. The first kappa shape index (κ1) is 14.4. The lowest BCUT2D eigenvalue weighted by molar-refractivity contribution is 0.245. The van der Waals surface area contributed by atoms with Gasteiger partial charge in [0, 0.05) is 39.3 Å². The molecule has 2 N–H and O–H groups in total. The minimum absolute atomic E-state index is 0.0919. The topological polar surface area (TPSA) is 61.4 Å². The smallest absolute Gasteiger partial charge is 0.240 e. The molecule has 0 saturated carbocycles. The number of hydrogen-bond acceptors (Lipinski definition) is 4. The summed E-state index contributed by atoms with van der Waals surface area (Å²) in [6.45, 7) is 4.77. The zero-order valence-electron chi connectivity index (χ0n) is 10.6. The van der Waals surface area contributed by atoms with Gasteiger partial charge in [-0.2, -0.15) is 0 Å². The van der Waals surface area contributed by atoms with Gasteiger partial charge in [-0.15, -0.1) is 0 Å². The SMILES string of the molecule is O=S(=O)(NCCN1CCNCC1)c1ccc(F)cc1. The summed E-state index contributed by atoms with van der Waals surface area (Å²) in [6, 6.07) is 4.82. The summed E-state index contributed by atoms with van der Waals surface area (Å²) in [4.78, 5) is 2.29. The number of nitrogens with zero attached hydrogens (tertiary/aromatic N) is 1. The van der Waals surface area contributed by atoms with Crippen LogP contribution in [-0.2, 0) is 10.0 Å². The van der Waals surface area contributed by atoms with Crippen LogP contribution < -0.4 is 10.0 Å². The van der Waals surface area contributed by atoms with Crippen molar-refractivity contribution in [1.29, 1.82) is 0 Å². The van der Waals surface area contributed by atoms with Gasteiger partial charge in [-0.3, -0.25) is 4.90 Å². The second-order valence-electron chi connectivity index (χ2n) is 4.44. The van der Waals surface area contributed by atoms with Crippen molar-refractivity contribution in [2.75, 3.05) is 39.3 Å². The van der Waals surface area contributed by atoms with Crippen LogP contribution in [0.1, 0.15) is 0 Å². The number of hydrogen-bond donors (Lipinski definition) is 2. The molecule has 0 radical (unpaired) electrons. The highest BCUT2D eigenvalue weighted by atomic mass is 32.2. The van der Waals surface area contributed by atoms with Gasteiger partial charge in [0.05, 0.1) is 4.90 Å². The summed E-state index contributed by atoms with van der Waals surface area (Å²) in [7, 11) is -3.54. The van der Waals surface area contributed by atoms with Crippen LogP contribution in [0.25, 0.3) is 0 Å². The molecule has 1 aromatic carbocycles. The van der Waals surface area contributed by atoms with E-state index < -0.39 is 15.8 Å². The van der Waals surface area contributed by atoms with Gasteiger partial charge in [0.1, 0.15) is 5.82 Å². The molecule has 0 aliphatic carbocycles. The van der Waals surface area contributed by atoms with Crippen molar-refractivity contribution in [3.63, 3.8) is 0 Å². The third-order valence-electron chi connectivity index (χ3n) is 3.05. The zero-order valence-corrected chi connectivity index (χ0v) is 11.4. The maximum atomic E-state index is 12.7. The fourth-order valence-electron chi connectivity index (χ4n) is 1.97. The molecule has 1 fully saturated rings. The third-order valence-corrected chi connectivity index (χ3v) is 4.53. The molecule has 1 aliphatic heterocycles. The molecule has 1 aromatic rings. The lowest BCUT2D eigenvalue weighted by Crippen LogP contribution is -2.46. The number of piperazine rings is 1. The van der Waals surface area contributed by atoms with Crippen LogP contribution in [0.5, 0.6) is 0 Å². The lowest BCUT2D eigenvalue weighted by atomic mass is 10.3. The van der Waals surface area contributed by atoms with E-state index in [0.717, 1.165) is 38.3 Å². The van der Waals surface area contributed by atoms with Crippen molar-refractivity contribution in [3.8, 4) is 0 Å². The van der Waals surface area contributed by atoms with E-state index >= 15 is 0 Å². The second-order valence-corrected chi connectivity index (χ2v) is 6.21. The molecule has 19 heavy (non-hydrogen) atoms. The molecule has 0 amide bonds. The Labute approximate surface area is 112 Å². The van der Waals surface area contributed by atoms with Crippen LogP contribution >= 0.6 is 0 Å². The summed E-state index contributed by atoms with van der Waals surface area (Å²) in [6.07, 6.45) is 0. The van der Waals surface area contributed by atoms with E-state index in [-0.39, 0.29) is 4.90 Å². The van der Waals surface area contributed by atoms with Gasteiger partial charge in [-0.25, -0.2) is 17.5 Å². The number of sulfonamides is 1. The highest BCUT2D eigenvalue weighted by Crippen LogP contribution is 2.09. The maximum Gasteiger partial charge on any atom is 0.240 e. The first-order chi connectivity index (χ1) is 9.08. The predicted molar refractivity (Wildman–Crippen MR) is 70.9 cm³/mol. The van der Waals surface area contributed by atoms with Crippen molar-refractivity contribution in [3.05, 3.63) is 30.1 Å². The Morgan fingerprint density at radius 3 is 2.47 bits per heavy atom. The van der Waals surface area contributed by atoms with Crippen LogP contribution in [0.15, 0.2) is 29.2 Å². The Hall–Kier alpha value is -1.02. The van der Waals surface area contributed by atoms with Gasteiger partial charge < -0.3 is 5.32 Å². The Balaban J connectivity index is 1.85. The first-order valence-corrected chi connectivity index (χ1v) is 7.74. The summed E-state index contributed by atoms with van der Waals surface area (Å²) in [5.74, 6) is -0.445. The van der Waals surface area contributed by atoms with Crippen molar-refractivity contribution in [1.82, 2.24) is 14.9 Å². The van der Waals surface area contributed by atoms with Crippen LogP contribution in [0.2, 0.25) is 0 Å². The molecule has 5 nitrogen and oxygen atoms in total. The van der Waals surface area contributed by atoms with Crippen LogP contribution in [-0.4, -0.2) is 52.6 Å². The molecule has 0 bridgehead atoms. The van der Waals surface area contributed by atoms with Gasteiger partial charge in [0.25, 0.3) is 0 Å². The van der Waals surface area contributed by atoms with Gasteiger partial charge in [0.15, 0.2) is 0 Å². The molecule has 0 atom stereocenters. The maximum absolute atomic E-state index is 12.7. The van der Waals surface area contributed by atoms with Gasteiger partial charge in [-0.1, -0.05) is 0 Å². The minimum atomic E-state index is -3.54. The quantitative estimate of drug-likeness (QED) is 0.801. The van der Waals surface area contributed by atoms with Gasteiger partial charge >= 0.3 is 0 Å². The first-order valence-electron chi connectivity index (χ1n) is 6.26. The molecule has 0 aromatic heterocycles. The predicted octanol–water partition coefficient (Wildman–Crippen LogP) is 0.00920. The number of halogens is 1. The number of nitrogens with one attached hydrogen (secondary N) is 2. The van der Waals surface area contributed by atoms with Gasteiger partial charge in [0.2, 0.25) is 10.0 Å². The molecule has 0 unspecified atom stereocenters. The highest BCUT2D eigenvalue weighted by Gasteiger charge is 2.15. The van der Waals surface area contributed by atoms with E-state index in [0.29, 0.717) is 13.1 Å². The summed E-state index contributed by atoms with van der Waals surface area (Å²) >= 11 is 0. The van der Waals surface area contributed by atoms with Crippen molar-refractivity contribution < 1.29 is 12.8 Å². The van der Waals surface area contributed by atoms with Crippen LogP contribution in [0.3, 0.4) is 0 Å². The molecule has 1 heterocycles. The fraction of sp³-hybridized carbons (Fsp3) is 0.500. The highest BCUT2D eigenvalue weighted by molar-refractivity contribution is 7.89. The Kier molecular flexibility index (Phi) is 4.87. The summed E-state index contributed by atoms with van der Waals surface area (Å²) in [5.41, 5.74) is 0. The van der Waals surface area contributed by atoms with Crippen LogP contribution in [0.4, 0.5) is 4.39 Å². The van der Waals surface area contributed by atoms with Gasteiger partial charge in [-0.05, 0) is 24.3 Å². The molecular weight excluding hydrogens is 269 g/mol. The molecule has 7 heteroatoms. The Morgan fingerprint density at radius 1 is 1.21 bits per heavy atom. The van der Waals surface area contributed by atoms with E-state index in [9.17, 15) is 12.8 Å². The minimum Gasteiger partial charge on any atom is -0.314 e. The normalized spacial score (nSPS) is 17.5. The van der Waals surface area contributed by atoms with E-state index in [1.807, 2.05) is 0 Å². The standard InChI is InChI=1S/C12H18FN3O2S/c13-11-1-3-12(4-2-11)19(17,18)15-7-10-16-8-5-14-6-9-16/h1-4,14-15H,5-10H2. The van der Waals surface area contributed by atoms with Crippen molar-refractivity contribution in [2.45, 2.75) is 4.90 Å². The fourth-order valence-corrected chi connectivity index (χ4v) is 2.99.